The number of nitrogens with zero attached hydrogens (tertiary/aromatic N) is 1. The van der Waals surface area contributed by atoms with Crippen molar-refractivity contribution in [3.8, 4) is 0 Å². The Morgan fingerprint density at radius 1 is 1.32 bits per heavy atom. The third-order valence-electron chi connectivity index (χ3n) is 4.37. The van der Waals surface area contributed by atoms with Crippen molar-refractivity contribution >= 4 is 11.8 Å². The van der Waals surface area contributed by atoms with Crippen LogP contribution in [0.2, 0.25) is 0 Å². The first-order valence-corrected chi connectivity index (χ1v) is 6.81. The molecule has 3 rings (SSSR count). The van der Waals surface area contributed by atoms with E-state index < -0.39 is 17.5 Å². The first-order valence-electron chi connectivity index (χ1n) is 6.81. The van der Waals surface area contributed by atoms with Gasteiger partial charge in [0, 0.05) is 25.7 Å². The van der Waals surface area contributed by atoms with Crippen molar-refractivity contribution in [3.63, 3.8) is 0 Å². The minimum Gasteiger partial charge on any atom is -0.378 e. The van der Waals surface area contributed by atoms with Gasteiger partial charge in [0.1, 0.15) is 11.6 Å². The molecule has 3 heterocycles. The van der Waals surface area contributed by atoms with Crippen molar-refractivity contribution in [1.82, 2.24) is 15.5 Å². The largest absolute Gasteiger partial charge is 0.378 e. The van der Waals surface area contributed by atoms with Crippen molar-refractivity contribution in [1.29, 1.82) is 0 Å². The number of morpholine rings is 1. The molecule has 3 unspecified atom stereocenters. The molecular weight excluding hydrogens is 248 g/mol. The summed E-state index contributed by atoms with van der Waals surface area (Å²) >= 11 is 0. The first-order chi connectivity index (χ1) is 9.13. The summed E-state index contributed by atoms with van der Waals surface area (Å²) in [6.45, 7) is 2.96. The lowest BCUT2D eigenvalue weighted by molar-refractivity contribution is -0.146. The van der Waals surface area contributed by atoms with Crippen molar-refractivity contribution in [3.05, 3.63) is 0 Å². The lowest BCUT2D eigenvalue weighted by Gasteiger charge is -2.43. The Kier molecular flexibility index (Phi) is 3.20. The predicted octanol–water partition coefficient (Wildman–Crippen LogP) is -2.21. The summed E-state index contributed by atoms with van der Waals surface area (Å²) < 4.78 is 5.27. The second kappa shape index (κ2) is 4.73. The SMILES string of the molecule is NC(=O)C1NCC2CCC1(C(=O)N1CCOCC1)N2. The Morgan fingerprint density at radius 2 is 2.05 bits per heavy atom. The fourth-order valence-corrected chi connectivity index (χ4v) is 3.41. The standard InChI is InChI=1S/C12H20N4O3/c13-10(17)9-12(2-1-8(15-12)7-14-9)11(18)16-3-5-19-6-4-16/h8-9,14-15H,1-7H2,(H2,13,17). The van der Waals surface area contributed by atoms with Gasteiger partial charge < -0.3 is 20.7 Å². The van der Waals surface area contributed by atoms with Gasteiger partial charge in [0.05, 0.1) is 13.2 Å². The molecule has 2 bridgehead atoms. The van der Waals surface area contributed by atoms with Gasteiger partial charge in [-0.15, -0.1) is 0 Å². The Hall–Kier alpha value is -1.18. The van der Waals surface area contributed by atoms with Crippen LogP contribution in [0.5, 0.6) is 0 Å². The summed E-state index contributed by atoms with van der Waals surface area (Å²) in [7, 11) is 0. The van der Waals surface area contributed by atoms with Crippen LogP contribution < -0.4 is 16.4 Å². The van der Waals surface area contributed by atoms with E-state index in [1.165, 1.54) is 0 Å². The van der Waals surface area contributed by atoms with Crippen LogP contribution in [-0.4, -0.2) is 67.2 Å². The monoisotopic (exact) mass is 268 g/mol. The van der Waals surface area contributed by atoms with E-state index in [1.54, 1.807) is 4.90 Å². The van der Waals surface area contributed by atoms with Crippen LogP contribution in [0.4, 0.5) is 0 Å². The highest BCUT2D eigenvalue weighted by molar-refractivity contribution is 5.96. The summed E-state index contributed by atoms with van der Waals surface area (Å²) in [4.78, 5) is 26.2. The summed E-state index contributed by atoms with van der Waals surface area (Å²) in [5.74, 6) is -0.483. The van der Waals surface area contributed by atoms with Gasteiger partial charge in [-0.1, -0.05) is 0 Å². The Morgan fingerprint density at radius 3 is 2.74 bits per heavy atom. The van der Waals surface area contributed by atoms with Crippen LogP contribution in [0.3, 0.4) is 0 Å². The molecule has 3 aliphatic heterocycles. The Labute approximate surface area is 111 Å². The maximum atomic E-state index is 12.8. The molecule has 3 atom stereocenters. The highest BCUT2D eigenvalue weighted by atomic mass is 16.5. The van der Waals surface area contributed by atoms with Crippen LogP contribution in [0, 0.1) is 0 Å². The molecule has 19 heavy (non-hydrogen) atoms. The van der Waals surface area contributed by atoms with Gasteiger partial charge in [-0.05, 0) is 12.8 Å². The number of rotatable bonds is 2. The number of carbonyl (C=O) groups excluding carboxylic acids is 2. The molecule has 106 valence electrons. The van der Waals surface area contributed by atoms with E-state index in [4.69, 9.17) is 10.5 Å². The number of hydrogen-bond donors (Lipinski definition) is 3. The van der Waals surface area contributed by atoms with Crippen molar-refractivity contribution in [2.45, 2.75) is 30.5 Å². The van der Waals surface area contributed by atoms with E-state index in [0.29, 0.717) is 39.3 Å². The molecule has 7 nitrogen and oxygen atoms in total. The lowest BCUT2D eigenvalue weighted by Crippen LogP contribution is -2.74. The zero-order chi connectivity index (χ0) is 13.5. The summed E-state index contributed by atoms with van der Waals surface area (Å²) in [6.07, 6.45) is 1.56. The van der Waals surface area contributed by atoms with Gasteiger partial charge >= 0.3 is 0 Å². The number of nitrogens with one attached hydrogen (secondary N) is 2. The lowest BCUT2D eigenvalue weighted by atomic mass is 9.85. The van der Waals surface area contributed by atoms with E-state index in [0.717, 1.165) is 6.42 Å². The normalized spacial score (nSPS) is 38.2. The first kappa shape index (κ1) is 12.8. The minimum atomic E-state index is -0.855. The minimum absolute atomic E-state index is 0.0192. The molecule has 0 spiro atoms. The summed E-state index contributed by atoms with van der Waals surface area (Å²) in [5.41, 5.74) is 4.61. The van der Waals surface area contributed by atoms with Gasteiger partial charge in [-0.25, -0.2) is 0 Å². The number of amides is 2. The molecule has 0 aliphatic carbocycles. The number of piperazine rings is 1. The summed E-state index contributed by atoms with van der Waals surface area (Å²) in [6, 6.07) is -0.373. The number of primary amides is 1. The predicted molar refractivity (Wildman–Crippen MR) is 67.3 cm³/mol. The molecule has 0 aromatic carbocycles. The number of carbonyl (C=O) groups is 2. The number of hydrogen-bond acceptors (Lipinski definition) is 5. The maximum Gasteiger partial charge on any atom is 0.245 e. The summed E-state index contributed by atoms with van der Waals surface area (Å²) in [5, 5.41) is 6.46. The van der Waals surface area contributed by atoms with Gasteiger partial charge in [0.2, 0.25) is 11.8 Å². The van der Waals surface area contributed by atoms with E-state index in [9.17, 15) is 9.59 Å². The van der Waals surface area contributed by atoms with E-state index in [1.807, 2.05) is 0 Å². The van der Waals surface area contributed by atoms with Gasteiger partial charge in [-0.3, -0.25) is 14.9 Å². The van der Waals surface area contributed by atoms with Gasteiger partial charge in [0.15, 0.2) is 0 Å². The molecular formula is C12H20N4O3. The van der Waals surface area contributed by atoms with Crippen molar-refractivity contribution in [2.75, 3.05) is 32.8 Å². The third-order valence-corrected chi connectivity index (χ3v) is 4.37. The molecule has 0 aromatic heterocycles. The van der Waals surface area contributed by atoms with Crippen molar-refractivity contribution < 1.29 is 14.3 Å². The average molecular weight is 268 g/mol. The number of fused-ring (bicyclic) bond motifs is 2. The van der Waals surface area contributed by atoms with Crippen LogP contribution >= 0.6 is 0 Å². The molecule has 7 heteroatoms. The van der Waals surface area contributed by atoms with Crippen LogP contribution in [-0.2, 0) is 14.3 Å². The average Bonchev–Trinajstić information content (AvgIpc) is 2.77. The molecule has 3 saturated heterocycles. The molecule has 0 saturated carbocycles. The third kappa shape index (κ3) is 2.01. The number of nitrogens with two attached hydrogens (primary N) is 1. The number of ether oxygens (including phenoxy) is 1. The fraction of sp³-hybridized carbons (Fsp3) is 0.833. The van der Waals surface area contributed by atoms with Crippen LogP contribution in [0.15, 0.2) is 0 Å². The maximum absolute atomic E-state index is 12.8. The van der Waals surface area contributed by atoms with E-state index in [2.05, 4.69) is 10.6 Å². The zero-order valence-corrected chi connectivity index (χ0v) is 10.9. The highest BCUT2D eigenvalue weighted by Crippen LogP contribution is 2.32. The highest BCUT2D eigenvalue weighted by Gasteiger charge is 2.56. The second-order valence-electron chi connectivity index (χ2n) is 5.50. The molecule has 3 fully saturated rings. The fourth-order valence-electron chi connectivity index (χ4n) is 3.41. The molecule has 0 aromatic rings. The van der Waals surface area contributed by atoms with Crippen molar-refractivity contribution in [2.24, 2.45) is 5.73 Å². The van der Waals surface area contributed by atoms with Gasteiger partial charge in [0.25, 0.3) is 0 Å². The smallest absolute Gasteiger partial charge is 0.245 e. The Balaban J connectivity index is 1.85. The quantitative estimate of drug-likeness (QED) is 0.528. The second-order valence-corrected chi connectivity index (χ2v) is 5.50. The molecule has 4 N–H and O–H groups in total. The topological polar surface area (TPSA) is 96.7 Å². The molecule has 0 radical (unpaired) electrons. The van der Waals surface area contributed by atoms with Gasteiger partial charge in [-0.2, -0.15) is 0 Å². The molecule has 2 amide bonds. The van der Waals surface area contributed by atoms with E-state index in [-0.39, 0.29) is 11.9 Å². The zero-order valence-electron chi connectivity index (χ0n) is 10.9. The van der Waals surface area contributed by atoms with Crippen LogP contribution in [0.1, 0.15) is 12.8 Å². The van der Waals surface area contributed by atoms with Crippen LogP contribution in [0.25, 0.3) is 0 Å². The molecule has 3 aliphatic rings. The Bertz CT molecular complexity index is 396. The van der Waals surface area contributed by atoms with E-state index >= 15 is 0 Å².